The first kappa shape index (κ1) is 27.5. The molecule has 0 saturated carbocycles. The number of urea groups is 1. The number of benzene rings is 2. The molecule has 2 aromatic carbocycles. The predicted octanol–water partition coefficient (Wildman–Crippen LogP) is 6.06. The van der Waals surface area contributed by atoms with Crippen molar-refractivity contribution >= 4 is 23.4 Å². The summed E-state index contributed by atoms with van der Waals surface area (Å²) in [5, 5.41) is 10.6. The zero-order chi connectivity index (χ0) is 28.2. The minimum atomic E-state index is -0.451. The van der Waals surface area contributed by atoms with Crippen LogP contribution in [0.5, 0.6) is 5.75 Å². The topological polar surface area (TPSA) is 102 Å². The van der Waals surface area contributed by atoms with Crippen LogP contribution >= 0.6 is 0 Å². The van der Waals surface area contributed by atoms with Gasteiger partial charge in [0.2, 0.25) is 5.91 Å². The highest BCUT2D eigenvalue weighted by Crippen LogP contribution is 2.28. The van der Waals surface area contributed by atoms with Crippen LogP contribution in [0.2, 0.25) is 0 Å². The lowest BCUT2D eigenvalue weighted by Gasteiger charge is -2.22. The lowest BCUT2D eigenvalue weighted by Crippen LogP contribution is -2.40. The molecule has 0 aliphatic rings. The Kier molecular flexibility index (Phi) is 8.09. The van der Waals surface area contributed by atoms with E-state index in [4.69, 9.17) is 14.3 Å². The van der Waals surface area contributed by atoms with Gasteiger partial charge in [-0.3, -0.25) is 4.79 Å². The third kappa shape index (κ3) is 6.87. The van der Waals surface area contributed by atoms with Gasteiger partial charge in [0.15, 0.2) is 0 Å². The van der Waals surface area contributed by atoms with E-state index in [1.54, 1.807) is 48.2 Å². The van der Waals surface area contributed by atoms with Crippen molar-refractivity contribution in [1.82, 2.24) is 14.7 Å². The maximum Gasteiger partial charge on any atom is 0.322 e. The van der Waals surface area contributed by atoms with Gasteiger partial charge in [-0.1, -0.05) is 44.5 Å². The zero-order valence-electron chi connectivity index (χ0n) is 23.2. The molecule has 0 aliphatic carbocycles. The summed E-state index contributed by atoms with van der Waals surface area (Å²) in [6.07, 6.45) is 1.53. The van der Waals surface area contributed by atoms with Crippen LogP contribution in [0.4, 0.5) is 16.3 Å². The van der Waals surface area contributed by atoms with E-state index in [1.165, 1.54) is 11.2 Å². The number of carbonyl (C=O) groups excluding carboxylic acids is 2. The number of furan rings is 1. The number of hydrogen-bond acceptors (Lipinski definition) is 5. The third-order valence-corrected chi connectivity index (χ3v) is 6.20. The average Bonchev–Trinajstić information content (AvgIpc) is 3.54. The largest absolute Gasteiger partial charge is 0.497 e. The number of methoxy groups -OCH3 is 1. The van der Waals surface area contributed by atoms with E-state index < -0.39 is 6.03 Å². The number of amides is 3. The highest BCUT2D eigenvalue weighted by Gasteiger charge is 2.24. The van der Waals surface area contributed by atoms with Crippen LogP contribution in [0.1, 0.15) is 43.4 Å². The summed E-state index contributed by atoms with van der Waals surface area (Å²) >= 11 is 0. The molecule has 9 heteroatoms. The standard InChI is InChI=1S/C30H35N5O4/c1-20-12-13-25(21(2)15-20)35-27(17-26(33-35)30(3,4)5)32-28(36)19-34(18-24-11-8-14-39-24)29(37)31-22-9-7-10-23(16-22)38-6/h7-17H,18-19H2,1-6H3,(H,31,37)(H,32,36). The number of ether oxygens (including phenoxy) is 1. The van der Waals surface area contributed by atoms with Gasteiger partial charge in [-0.25, -0.2) is 9.48 Å². The molecule has 0 spiro atoms. The van der Waals surface area contributed by atoms with E-state index in [1.807, 2.05) is 32.0 Å². The minimum Gasteiger partial charge on any atom is -0.497 e. The number of nitrogens with one attached hydrogen (secondary N) is 2. The van der Waals surface area contributed by atoms with E-state index in [0.717, 1.165) is 22.5 Å². The number of rotatable bonds is 8. The normalized spacial score (nSPS) is 11.2. The molecule has 2 N–H and O–H groups in total. The summed E-state index contributed by atoms with van der Waals surface area (Å²) in [4.78, 5) is 28.0. The fraction of sp³-hybridized carbons (Fsp3) is 0.300. The molecule has 4 aromatic rings. The second-order valence-electron chi connectivity index (χ2n) is 10.5. The van der Waals surface area contributed by atoms with Crippen LogP contribution in [-0.4, -0.2) is 40.3 Å². The van der Waals surface area contributed by atoms with Gasteiger partial charge >= 0.3 is 6.03 Å². The van der Waals surface area contributed by atoms with Crippen LogP contribution in [-0.2, 0) is 16.8 Å². The molecule has 9 nitrogen and oxygen atoms in total. The van der Waals surface area contributed by atoms with Gasteiger partial charge in [0.25, 0.3) is 0 Å². The Labute approximate surface area is 228 Å². The van der Waals surface area contributed by atoms with E-state index in [9.17, 15) is 9.59 Å². The number of anilines is 2. The van der Waals surface area contributed by atoms with E-state index in [2.05, 4.69) is 37.5 Å². The van der Waals surface area contributed by atoms with Crippen LogP contribution in [0.3, 0.4) is 0 Å². The number of aromatic nitrogens is 2. The summed E-state index contributed by atoms with van der Waals surface area (Å²) in [6.45, 7) is 10.2. The SMILES string of the molecule is COc1cccc(NC(=O)N(CC(=O)Nc2cc(C(C)(C)C)nn2-c2ccc(C)cc2C)Cc2ccco2)c1. The van der Waals surface area contributed by atoms with Crippen LogP contribution in [0, 0.1) is 13.8 Å². The van der Waals surface area contributed by atoms with Crippen LogP contribution in [0.15, 0.2) is 71.3 Å². The number of carbonyl (C=O) groups is 2. The molecule has 39 heavy (non-hydrogen) atoms. The predicted molar refractivity (Wildman–Crippen MR) is 151 cm³/mol. The van der Waals surface area contributed by atoms with Crippen LogP contribution < -0.4 is 15.4 Å². The number of hydrogen-bond donors (Lipinski definition) is 2. The molecule has 0 radical (unpaired) electrons. The monoisotopic (exact) mass is 529 g/mol. The first-order valence-electron chi connectivity index (χ1n) is 12.7. The van der Waals surface area contributed by atoms with Gasteiger partial charge in [0.1, 0.15) is 23.9 Å². The minimum absolute atomic E-state index is 0.111. The molecule has 0 atom stereocenters. The Hall–Kier alpha value is -4.53. The smallest absolute Gasteiger partial charge is 0.322 e. The van der Waals surface area contributed by atoms with Crippen molar-refractivity contribution in [3.05, 3.63) is 89.5 Å². The van der Waals surface area contributed by atoms with Crippen molar-refractivity contribution in [3.63, 3.8) is 0 Å². The number of nitrogens with zero attached hydrogens (tertiary/aromatic N) is 3. The molecule has 0 bridgehead atoms. The lowest BCUT2D eigenvalue weighted by molar-refractivity contribution is -0.116. The highest BCUT2D eigenvalue weighted by atomic mass is 16.5. The van der Waals surface area contributed by atoms with E-state index in [-0.39, 0.29) is 24.4 Å². The van der Waals surface area contributed by atoms with Gasteiger partial charge in [0.05, 0.1) is 31.3 Å². The van der Waals surface area contributed by atoms with Gasteiger partial charge in [-0.05, 0) is 49.7 Å². The van der Waals surface area contributed by atoms with Crippen molar-refractivity contribution in [3.8, 4) is 11.4 Å². The maximum absolute atomic E-state index is 13.4. The van der Waals surface area contributed by atoms with Gasteiger partial charge < -0.3 is 24.7 Å². The van der Waals surface area contributed by atoms with Gasteiger partial charge in [-0.2, -0.15) is 5.10 Å². The first-order valence-corrected chi connectivity index (χ1v) is 12.7. The van der Waals surface area contributed by atoms with Crippen LogP contribution in [0.25, 0.3) is 5.69 Å². The van der Waals surface area contributed by atoms with Gasteiger partial charge in [-0.15, -0.1) is 0 Å². The molecule has 204 valence electrons. The summed E-state index contributed by atoms with van der Waals surface area (Å²) in [7, 11) is 1.56. The first-order chi connectivity index (χ1) is 18.5. The highest BCUT2D eigenvalue weighted by molar-refractivity contribution is 5.96. The third-order valence-electron chi connectivity index (χ3n) is 6.20. The molecule has 0 unspecified atom stereocenters. The quantitative estimate of drug-likeness (QED) is 0.289. The van der Waals surface area contributed by atoms with Crippen molar-refractivity contribution in [1.29, 1.82) is 0 Å². The average molecular weight is 530 g/mol. The fourth-order valence-electron chi connectivity index (χ4n) is 4.11. The van der Waals surface area contributed by atoms with E-state index in [0.29, 0.717) is 23.0 Å². The van der Waals surface area contributed by atoms with Crippen molar-refractivity contribution in [2.75, 3.05) is 24.3 Å². The van der Waals surface area contributed by atoms with Crippen molar-refractivity contribution in [2.24, 2.45) is 0 Å². The molecule has 2 aromatic heterocycles. The summed E-state index contributed by atoms with van der Waals surface area (Å²) in [6, 6.07) is 18.0. The second-order valence-corrected chi connectivity index (χ2v) is 10.5. The van der Waals surface area contributed by atoms with Gasteiger partial charge in [0, 0.05) is 23.2 Å². The summed E-state index contributed by atoms with van der Waals surface area (Å²) in [5.41, 5.74) is 4.19. The Bertz CT molecular complexity index is 1450. The number of aryl methyl sites for hydroxylation is 2. The molecular formula is C30H35N5O4. The Morgan fingerprint density at radius 1 is 1.03 bits per heavy atom. The second kappa shape index (κ2) is 11.5. The summed E-state index contributed by atoms with van der Waals surface area (Å²) in [5.74, 6) is 1.33. The lowest BCUT2D eigenvalue weighted by atomic mass is 9.92. The molecular weight excluding hydrogens is 494 g/mol. The van der Waals surface area contributed by atoms with Crippen molar-refractivity contribution < 1.29 is 18.7 Å². The molecule has 2 heterocycles. The van der Waals surface area contributed by atoms with Crippen molar-refractivity contribution in [2.45, 2.75) is 46.6 Å². The molecule has 4 rings (SSSR count). The Morgan fingerprint density at radius 3 is 2.49 bits per heavy atom. The Morgan fingerprint density at radius 2 is 1.82 bits per heavy atom. The summed E-state index contributed by atoms with van der Waals surface area (Å²) < 4.78 is 12.5. The molecule has 0 fully saturated rings. The fourth-order valence-corrected chi connectivity index (χ4v) is 4.11. The Balaban J connectivity index is 1.59. The van der Waals surface area contributed by atoms with E-state index >= 15 is 0 Å². The zero-order valence-corrected chi connectivity index (χ0v) is 23.2. The molecule has 0 aliphatic heterocycles. The molecule has 3 amide bonds. The molecule has 0 saturated heterocycles. The maximum atomic E-state index is 13.4.